The van der Waals surface area contributed by atoms with Crippen LogP contribution in [0.2, 0.25) is 0 Å². The SMILES string of the molecule is Cc1cccc(=O)n1CC(=O)N(C)CCC#N. The highest BCUT2D eigenvalue weighted by Crippen LogP contribution is 1.96. The fourth-order valence-electron chi connectivity index (χ4n) is 1.42. The summed E-state index contributed by atoms with van der Waals surface area (Å²) in [7, 11) is 1.63. The molecule has 5 heteroatoms. The zero-order valence-electron chi connectivity index (χ0n) is 10.0. The Kier molecular flexibility index (Phi) is 4.46. The van der Waals surface area contributed by atoms with E-state index >= 15 is 0 Å². The summed E-state index contributed by atoms with van der Waals surface area (Å²) < 4.78 is 1.42. The third kappa shape index (κ3) is 3.45. The molecule has 0 fully saturated rings. The molecule has 0 radical (unpaired) electrons. The van der Waals surface area contributed by atoms with Gasteiger partial charge in [-0.1, -0.05) is 6.07 Å². The van der Waals surface area contributed by atoms with Crippen LogP contribution in [-0.2, 0) is 11.3 Å². The van der Waals surface area contributed by atoms with Crippen molar-refractivity contribution in [3.63, 3.8) is 0 Å². The molecular weight excluding hydrogens is 218 g/mol. The summed E-state index contributed by atoms with van der Waals surface area (Å²) in [4.78, 5) is 24.8. The van der Waals surface area contributed by atoms with E-state index < -0.39 is 0 Å². The normalized spacial score (nSPS) is 9.71. The Hall–Kier alpha value is -2.09. The van der Waals surface area contributed by atoms with Crippen molar-refractivity contribution < 1.29 is 4.79 Å². The predicted octanol–water partition coefficient (Wildman–Crippen LogP) is 0.529. The highest BCUT2D eigenvalue weighted by atomic mass is 16.2. The molecule has 0 spiro atoms. The van der Waals surface area contributed by atoms with E-state index in [1.165, 1.54) is 15.5 Å². The number of rotatable bonds is 4. The van der Waals surface area contributed by atoms with Gasteiger partial charge in [-0.2, -0.15) is 5.26 Å². The van der Waals surface area contributed by atoms with Gasteiger partial charge in [0.25, 0.3) is 5.56 Å². The van der Waals surface area contributed by atoms with Gasteiger partial charge in [0, 0.05) is 25.4 Å². The first kappa shape index (κ1) is 13.0. The van der Waals surface area contributed by atoms with Crippen LogP contribution in [0.3, 0.4) is 0 Å². The molecule has 1 heterocycles. The zero-order valence-corrected chi connectivity index (χ0v) is 10.0. The van der Waals surface area contributed by atoms with E-state index in [2.05, 4.69) is 0 Å². The number of aromatic nitrogens is 1. The van der Waals surface area contributed by atoms with Crippen molar-refractivity contribution in [1.82, 2.24) is 9.47 Å². The number of aryl methyl sites for hydroxylation is 1. The maximum Gasteiger partial charge on any atom is 0.251 e. The second-order valence-electron chi connectivity index (χ2n) is 3.81. The minimum absolute atomic E-state index is 0.0213. The van der Waals surface area contributed by atoms with Crippen LogP contribution in [0.5, 0.6) is 0 Å². The number of amides is 1. The Balaban J connectivity index is 2.75. The number of carbonyl (C=O) groups excluding carboxylic acids is 1. The molecule has 0 aliphatic rings. The van der Waals surface area contributed by atoms with Crippen LogP contribution in [0, 0.1) is 18.3 Å². The molecule has 1 rings (SSSR count). The molecule has 0 saturated heterocycles. The third-order valence-electron chi connectivity index (χ3n) is 2.55. The van der Waals surface area contributed by atoms with Crippen LogP contribution in [0.25, 0.3) is 0 Å². The molecule has 0 saturated carbocycles. The summed E-state index contributed by atoms with van der Waals surface area (Å²) in [6, 6.07) is 6.85. The average Bonchev–Trinajstić information content (AvgIpc) is 2.30. The molecule has 0 aliphatic carbocycles. The van der Waals surface area contributed by atoms with E-state index in [4.69, 9.17) is 5.26 Å². The summed E-state index contributed by atoms with van der Waals surface area (Å²) in [5.74, 6) is -0.170. The second kappa shape index (κ2) is 5.85. The fourth-order valence-corrected chi connectivity index (χ4v) is 1.42. The van der Waals surface area contributed by atoms with E-state index in [1.807, 2.05) is 6.07 Å². The van der Waals surface area contributed by atoms with Gasteiger partial charge in [-0.25, -0.2) is 0 Å². The van der Waals surface area contributed by atoms with Gasteiger partial charge >= 0.3 is 0 Å². The number of hydrogen-bond acceptors (Lipinski definition) is 3. The topological polar surface area (TPSA) is 66.1 Å². The fraction of sp³-hybridized carbons (Fsp3) is 0.417. The van der Waals surface area contributed by atoms with E-state index in [1.54, 1.807) is 26.1 Å². The van der Waals surface area contributed by atoms with E-state index in [0.29, 0.717) is 13.0 Å². The van der Waals surface area contributed by atoms with Crippen molar-refractivity contribution in [2.75, 3.05) is 13.6 Å². The number of likely N-dealkylation sites (N-methyl/N-ethyl adjacent to an activating group) is 1. The predicted molar refractivity (Wildman–Crippen MR) is 63.3 cm³/mol. The standard InChI is InChI=1S/C12H15N3O2/c1-10-5-3-6-11(16)15(10)9-12(17)14(2)8-4-7-13/h3,5-6H,4,8-9H2,1-2H3. The lowest BCUT2D eigenvalue weighted by molar-refractivity contribution is -0.130. The molecule has 1 aromatic heterocycles. The zero-order chi connectivity index (χ0) is 12.8. The van der Waals surface area contributed by atoms with Crippen molar-refractivity contribution in [2.24, 2.45) is 0 Å². The van der Waals surface area contributed by atoms with Crippen molar-refractivity contribution in [3.8, 4) is 6.07 Å². The molecule has 0 unspecified atom stereocenters. The van der Waals surface area contributed by atoms with Gasteiger partial charge in [-0.3, -0.25) is 9.59 Å². The Morgan fingerprint density at radius 1 is 1.53 bits per heavy atom. The molecule has 90 valence electrons. The largest absolute Gasteiger partial charge is 0.343 e. The lowest BCUT2D eigenvalue weighted by Gasteiger charge is -2.17. The average molecular weight is 233 g/mol. The van der Waals surface area contributed by atoms with E-state index in [-0.39, 0.29) is 18.0 Å². The summed E-state index contributed by atoms with van der Waals surface area (Å²) in [5.41, 5.74) is 0.562. The molecule has 0 N–H and O–H groups in total. The minimum atomic E-state index is -0.188. The van der Waals surface area contributed by atoms with Crippen LogP contribution < -0.4 is 5.56 Å². The summed E-state index contributed by atoms with van der Waals surface area (Å²) in [6.45, 7) is 2.19. The van der Waals surface area contributed by atoms with Crippen LogP contribution in [0.15, 0.2) is 23.0 Å². The highest BCUT2D eigenvalue weighted by Gasteiger charge is 2.10. The molecule has 0 aliphatic heterocycles. The molecule has 1 aromatic rings. The minimum Gasteiger partial charge on any atom is -0.343 e. The van der Waals surface area contributed by atoms with Crippen molar-refractivity contribution >= 4 is 5.91 Å². The lowest BCUT2D eigenvalue weighted by atomic mass is 10.3. The Bertz CT molecular complexity index is 499. The van der Waals surface area contributed by atoms with Crippen molar-refractivity contribution in [3.05, 3.63) is 34.2 Å². The number of pyridine rings is 1. The van der Waals surface area contributed by atoms with Gasteiger partial charge in [0.1, 0.15) is 6.54 Å². The van der Waals surface area contributed by atoms with Gasteiger partial charge in [-0.15, -0.1) is 0 Å². The molecule has 1 amide bonds. The number of nitriles is 1. The molecule has 0 bridgehead atoms. The Labute approximate surface area is 99.9 Å². The first-order chi connectivity index (χ1) is 8.06. The monoisotopic (exact) mass is 233 g/mol. The Morgan fingerprint density at radius 2 is 2.24 bits per heavy atom. The number of hydrogen-bond donors (Lipinski definition) is 0. The van der Waals surface area contributed by atoms with Crippen LogP contribution in [0.4, 0.5) is 0 Å². The van der Waals surface area contributed by atoms with Gasteiger partial charge in [0.2, 0.25) is 5.91 Å². The first-order valence-corrected chi connectivity index (χ1v) is 5.33. The number of carbonyl (C=O) groups is 1. The van der Waals surface area contributed by atoms with Crippen molar-refractivity contribution in [2.45, 2.75) is 19.9 Å². The molecule has 17 heavy (non-hydrogen) atoms. The molecular formula is C12H15N3O2. The van der Waals surface area contributed by atoms with E-state index in [0.717, 1.165) is 5.69 Å². The van der Waals surface area contributed by atoms with E-state index in [9.17, 15) is 9.59 Å². The summed E-state index contributed by atoms with van der Waals surface area (Å²) in [5, 5.41) is 8.43. The summed E-state index contributed by atoms with van der Waals surface area (Å²) >= 11 is 0. The van der Waals surface area contributed by atoms with Crippen LogP contribution >= 0.6 is 0 Å². The lowest BCUT2D eigenvalue weighted by Crippen LogP contribution is -2.34. The smallest absolute Gasteiger partial charge is 0.251 e. The second-order valence-corrected chi connectivity index (χ2v) is 3.81. The van der Waals surface area contributed by atoms with Gasteiger partial charge in [0.05, 0.1) is 12.5 Å². The van der Waals surface area contributed by atoms with Gasteiger partial charge in [-0.05, 0) is 13.0 Å². The maximum atomic E-state index is 11.8. The van der Waals surface area contributed by atoms with Gasteiger partial charge < -0.3 is 9.47 Å². The summed E-state index contributed by atoms with van der Waals surface area (Å²) in [6.07, 6.45) is 0.297. The Morgan fingerprint density at radius 3 is 2.82 bits per heavy atom. The first-order valence-electron chi connectivity index (χ1n) is 5.33. The highest BCUT2D eigenvalue weighted by molar-refractivity contribution is 5.75. The molecule has 0 atom stereocenters. The maximum absolute atomic E-state index is 11.8. The third-order valence-corrected chi connectivity index (χ3v) is 2.55. The van der Waals surface area contributed by atoms with Crippen molar-refractivity contribution in [1.29, 1.82) is 5.26 Å². The quantitative estimate of drug-likeness (QED) is 0.761. The van der Waals surface area contributed by atoms with Crippen LogP contribution in [-0.4, -0.2) is 29.0 Å². The number of nitrogens with zero attached hydrogens (tertiary/aromatic N) is 3. The van der Waals surface area contributed by atoms with Gasteiger partial charge in [0.15, 0.2) is 0 Å². The molecule has 5 nitrogen and oxygen atoms in total. The van der Waals surface area contributed by atoms with Crippen LogP contribution in [0.1, 0.15) is 12.1 Å². The molecule has 0 aromatic carbocycles.